The Balaban J connectivity index is 2.22. The quantitative estimate of drug-likeness (QED) is 0.487. The molecule has 1 aromatic carbocycles. The standard InChI is InChI=1S/C11H8N4O/c16-15-11-9(7-13-15)6-12-10(14-11)8-4-2-1-3-5-8/h1-7,13H. The van der Waals surface area contributed by atoms with Crippen LogP contribution in [-0.4, -0.2) is 15.1 Å². The van der Waals surface area contributed by atoms with Crippen molar-refractivity contribution in [2.24, 2.45) is 0 Å². The first kappa shape index (κ1) is 8.84. The molecule has 0 aliphatic rings. The number of rotatable bonds is 1. The molecule has 0 bridgehead atoms. The molecule has 2 aromatic heterocycles. The molecule has 0 radical (unpaired) electrons. The van der Waals surface area contributed by atoms with Crippen LogP contribution in [0.4, 0.5) is 0 Å². The van der Waals surface area contributed by atoms with Gasteiger partial charge in [-0.05, 0) is 17.1 Å². The number of fused-ring (bicyclic) bond motifs is 1. The monoisotopic (exact) mass is 212 g/mol. The first-order chi connectivity index (χ1) is 7.84. The van der Waals surface area contributed by atoms with Crippen molar-refractivity contribution in [1.29, 1.82) is 0 Å². The second-order valence-corrected chi connectivity index (χ2v) is 3.41. The molecule has 16 heavy (non-hydrogen) atoms. The smallest absolute Gasteiger partial charge is 0.358 e. The van der Waals surface area contributed by atoms with Gasteiger partial charge < -0.3 is 5.21 Å². The molecule has 1 N–H and O–H groups in total. The maximum absolute atomic E-state index is 11.3. The van der Waals surface area contributed by atoms with E-state index in [2.05, 4.69) is 15.1 Å². The van der Waals surface area contributed by atoms with Gasteiger partial charge >= 0.3 is 5.65 Å². The van der Waals surface area contributed by atoms with Crippen molar-refractivity contribution < 1.29 is 4.85 Å². The van der Waals surface area contributed by atoms with Crippen LogP contribution in [0.1, 0.15) is 0 Å². The molecule has 3 rings (SSSR count). The topological polar surface area (TPSA) is 68.5 Å². The van der Waals surface area contributed by atoms with Crippen molar-refractivity contribution in [1.82, 2.24) is 15.1 Å². The number of nitrogens with zero attached hydrogens (tertiary/aromatic N) is 3. The molecule has 5 heteroatoms. The van der Waals surface area contributed by atoms with Crippen LogP contribution in [0.5, 0.6) is 0 Å². The lowest BCUT2D eigenvalue weighted by atomic mass is 10.2. The summed E-state index contributed by atoms with van der Waals surface area (Å²) in [7, 11) is 0. The summed E-state index contributed by atoms with van der Waals surface area (Å²) >= 11 is 0. The highest BCUT2D eigenvalue weighted by Crippen LogP contribution is 2.15. The third-order valence-electron chi connectivity index (χ3n) is 2.36. The molecule has 3 aromatic rings. The Morgan fingerprint density at radius 3 is 2.81 bits per heavy atom. The van der Waals surface area contributed by atoms with Crippen LogP contribution >= 0.6 is 0 Å². The Labute approximate surface area is 91.0 Å². The van der Waals surface area contributed by atoms with Gasteiger partial charge in [0.15, 0.2) is 0 Å². The van der Waals surface area contributed by atoms with Crippen molar-refractivity contribution in [3.63, 3.8) is 0 Å². The SMILES string of the molecule is [O-][n+]1[nH]cc2cnc(-c3ccccc3)nc21. The van der Waals surface area contributed by atoms with E-state index in [-0.39, 0.29) is 0 Å². The lowest BCUT2D eigenvalue weighted by molar-refractivity contribution is -0.641. The van der Waals surface area contributed by atoms with Gasteiger partial charge in [-0.1, -0.05) is 18.2 Å². The number of hydrogen-bond donors (Lipinski definition) is 1. The Morgan fingerprint density at radius 2 is 2.00 bits per heavy atom. The Bertz CT molecular complexity index is 633. The Morgan fingerprint density at radius 1 is 1.19 bits per heavy atom. The number of aromatic amines is 1. The van der Waals surface area contributed by atoms with Gasteiger partial charge in [0.2, 0.25) is 0 Å². The van der Waals surface area contributed by atoms with Crippen LogP contribution in [-0.2, 0) is 0 Å². The molecule has 0 spiro atoms. The van der Waals surface area contributed by atoms with Crippen LogP contribution in [0.15, 0.2) is 42.7 Å². The maximum Gasteiger partial charge on any atom is 0.358 e. The third-order valence-corrected chi connectivity index (χ3v) is 2.36. The van der Waals surface area contributed by atoms with Crippen molar-refractivity contribution >= 4 is 11.0 Å². The number of benzene rings is 1. The molecule has 0 fully saturated rings. The Kier molecular flexibility index (Phi) is 1.83. The van der Waals surface area contributed by atoms with E-state index >= 15 is 0 Å². The lowest BCUT2D eigenvalue weighted by Gasteiger charge is -1.95. The molecule has 0 atom stereocenters. The predicted octanol–water partition coefficient (Wildman–Crippen LogP) is 1.26. The number of nitrogens with one attached hydrogen (secondary N) is 1. The van der Waals surface area contributed by atoms with E-state index in [1.807, 2.05) is 30.3 Å². The van der Waals surface area contributed by atoms with Gasteiger partial charge in [0.05, 0.1) is 6.20 Å². The zero-order valence-electron chi connectivity index (χ0n) is 8.29. The second kappa shape index (κ2) is 3.30. The van der Waals surface area contributed by atoms with Gasteiger partial charge in [-0.25, -0.2) is 10.1 Å². The van der Waals surface area contributed by atoms with Gasteiger partial charge in [0.1, 0.15) is 5.39 Å². The van der Waals surface area contributed by atoms with Gasteiger partial charge in [0.25, 0.3) is 5.82 Å². The van der Waals surface area contributed by atoms with Crippen molar-refractivity contribution in [2.75, 3.05) is 0 Å². The fraction of sp³-hybridized carbons (Fsp3) is 0. The second-order valence-electron chi connectivity index (χ2n) is 3.41. The van der Waals surface area contributed by atoms with Crippen molar-refractivity contribution in [3.05, 3.63) is 47.9 Å². The van der Waals surface area contributed by atoms with Crippen molar-refractivity contribution in [3.8, 4) is 11.4 Å². The number of aromatic nitrogens is 4. The summed E-state index contributed by atoms with van der Waals surface area (Å²) in [6.45, 7) is 0. The fourth-order valence-electron chi connectivity index (χ4n) is 1.56. The molecule has 5 nitrogen and oxygen atoms in total. The van der Waals surface area contributed by atoms with Gasteiger partial charge in [-0.15, -0.1) is 0 Å². The number of hydrogen-bond acceptors (Lipinski definition) is 3. The maximum atomic E-state index is 11.3. The summed E-state index contributed by atoms with van der Waals surface area (Å²) in [4.78, 5) is 9.05. The highest BCUT2D eigenvalue weighted by Gasteiger charge is 2.12. The third kappa shape index (κ3) is 1.30. The first-order valence-electron chi connectivity index (χ1n) is 4.84. The Hall–Kier alpha value is -2.43. The summed E-state index contributed by atoms with van der Waals surface area (Å²) in [5.41, 5.74) is 1.25. The molecule has 0 saturated carbocycles. The summed E-state index contributed by atoms with van der Waals surface area (Å²) in [6, 6.07) is 9.55. The van der Waals surface area contributed by atoms with Crippen LogP contribution in [0.2, 0.25) is 0 Å². The van der Waals surface area contributed by atoms with E-state index in [1.54, 1.807) is 12.4 Å². The molecule has 0 unspecified atom stereocenters. The van der Waals surface area contributed by atoms with E-state index in [1.165, 1.54) is 0 Å². The highest BCUT2D eigenvalue weighted by molar-refractivity contribution is 5.72. The zero-order chi connectivity index (χ0) is 11.0. The first-order valence-corrected chi connectivity index (χ1v) is 4.84. The predicted molar refractivity (Wildman–Crippen MR) is 58.3 cm³/mol. The molecule has 0 aliphatic carbocycles. The molecular weight excluding hydrogens is 204 g/mol. The van der Waals surface area contributed by atoms with E-state index in [0.29, 0.717) is 21.7 Å². The molecule has 0 aliphatic heterocycles. The van der Waals surface area contributed by atoms with Gasteiger partial charge in [-0.2, -0.15) is 4.85 Å². The van der Waals surface area contributed by atoms with Gasteiger partial charge in [0, 0.05) is 11.8 Å². The van der Waals surface area contributed by atoms with Crippen molar-refractivity contribution in [2.45, 2.75) is 0 Å². The van der Waals surface area contributed by atoms with E-state index in [9.17, 15) is 5.21 Å². The molecule has 0 amide bonds. The highest BCUT2D eigenvalue weighted by atomic mass is 16.5. The molecule has 2 heterocycles. The summed E-state index contributed by atoms with van der Waals surface area (Å²) < 4.78 is 0. The van der Waals surface area contributed by atoms with Crippen LogP contribution in [0, 0.1) is 5.21 Å². The molecule has 78 valence electrons. The minimum absolute atomic E-state index is 0.355. The minimum Gasteiger partial charge on any atom is -0.692 e. The average molecular weight is 212 g/mol. The largest absolute Gasteiger partial charge is 0.692 e. The van der Waals surface area contributed by atoms with Gasteiger partial charge in [-0.3, -0.25) is 0 Å². The van der Waals surface area contributed by atoms with Crippen LogP contribution < -0.4 is 4.85 Å². The summed E-state index contributed by atoms with van der Waals surface area (Å²) in [5.74, 6) is 0.553. The average Bonchev–Trinajstić information content (AvgIpc) is 2.72. The summed E-state index contributed by atoms with van der Waals surface area (Å²) in [5, 5.41) is 14.6. The molecular formula is C11H8N4O. The molecule has 0 saturated heterocycles. The van der Waals surface area contributed by atoms with E-state index < -0.39 is 0 Å². The zero-order valence-corrected chi connectivity index (χ0v) is 8.29. The number of H-pyrrole nitrogens is 1. The van der Waals surface area contributed by atoms with E-state index in [0.717, 1.165) is 5.56 Å². The normalized spacial score (nSPS) is 10.8. The lowest BCUT2D eigenvalue weighted by Crippen LogP contribution is -2.28. The minimum atomic E-state index is 0.355. The fourth-order valence-corrected chi connectivity index (χ4v) is 1.56. The summed E-state index contributed by atoms with van der Waals surface area (Å²) in [6.07, 6.45) is 3.21. The van der Waals surface area contributed by atoms with E-state index in [4.69, 9.17) is 0 Å². The van der Waals surface area contributed by atoms with Crippen LogP contribution in [0.25, 0.3) is 22.4 Å². The van der Waals surface area contributed by atoms with Crippen LogP contribution in [0.3, 0.4) is 0 Å².